The van der Waals surface area contributed by atoms with Gasteiger partial charge in [-0.3, -0.25) is 0 Å². The molecule has 0 aromatic heterocycles. The van der Waals surface area contributed by atoms with Gasteiger partial charge in [0.05, 0.1) is 0 Å². The summed E-state index contributed by atoms with van der Waals surface area (Å²) in [5, 5.41) is 0.287. The Morgan fingerprint density at radius 2 is 1.18 bits per heavy atom. The Morgan fingerprint density at radius 3 is 1.47 bits per heavy atom. The minimum absolute atomic E-state index is 0.195. The van der Waals surface area contributed by atoms with Gasteiger partial charge >= 0.3 is 0 Å². The highest BCUT2D eigenvalue weighted by atomic mass is 31.0. The average molecular weight is 240 g/mol. The summed E-state index contributed by atoms with van der Waals surface area (Å²) in [7, 11) is 3.04. The molecule has 1 aliphatic carbocycles. The zero-order valence-electron chi connectivity index (χ0n) is 10.1. The lowest BCUT2D eigenvalue weighted by molar-refractivity contribution is 0.780. The molecule has 2 atom stereocenters. The van der Waals surface area contributed by atoms with Crippen molar-refractivity contribution in [2.75, 3.05) is 0 Å². The second kappa shape index (κ2) is 3.68. The van der Waals surface area contributed by atoms with E-state index in [0.29, 0.717) is 0 Å². The first kappa shape index (κ1) is 11.0. The van der Waals surface area contributed by atoms with Gasteiger partial charge in [0.2, 0.25) is 0 Å². The van der Waals surface area contributed by atoms with Gasteiger partial charge in [0.15, 0.2) is 0 Å². The van der Waals surface area contributed by atoms with Gasteiger partial charge in [-0.1, -0.05) is 67.6 Å². The molecule has 0 radical (unpaired) electrons. The Labute approximate surface area is 105 Å². The van der Waals surface area contributed by atoms with Crippen LogP contribution in [0.5, 0.6) is 0 Å². The Hall–Kier alpha value is -1.13. The number of rotatable bonds is 2. The van der Waals surface area contributed by atoms with Crippen molar-refractivity contribution in [2.24, 2.45) is 0 Å². The van der Waals surface area contributed by atoms with Gasteiger partial charge in [-0.15, -0.1) is 9.24 Å². The predicted octanol–water partition coefficient (Wildman–Crippen LogP) is 4.01. The van der Waals surface area contributed by atoms with E-state index in [1.165, 1.54) is 17.5 Å². The minimum Gasteiger partial charge on any atom is -0.130 e. The van der Waals surface area contributed by atoms with Crippen LogP contribution < -0.4 is 0 Å². The molecule has 2 aromatic carbocycles. The Balaban J connectivity index is 2.15. The molecule has 0 amide bonds. The summed E-state index contributed by atoms with van der Waals surface area (Å²) in [6.07, 6.45) is 1.21. The molecule has 0 saturated heterocycles. The maximum Gasteiger partial charge on any atom is 0.0299 e. The highest BCUT2D eigenvalue weighted by molar-refractivity contribution is 7.19. The van der Waals surface area contributed by atoms with Crippen molar-refractivity contribution in [3.8, 4) is 0 Å². The maximum absolute atomic E-state index is 3.04. The molecule has 2 aromatic rings. The van der Waals surface area contributed by atoms with Crippen LogP contribution in [0.25, 0.3) is 0 Å². The second-order valence-electron chi connectivity index (χ2n) is 5.23. The van der Waals surface area contributed by atoms with Crippen LogP contribution >= 0.6 is 9.24 Å². The van der Waals surface area contributed by atoms with E-state index in [-0.39, 0.29) is 10.6 Å². The third-order valence-electron chi connectivity index (χ3n) is 4.02. The van der Waals surface area contributed by atoms with E-state index in [1.807, 2.05) is 0 Å². The van der Waals surface area contributed by atoms with Gasteiger partial charge < -0.3 is 0 Å². The van der Waals surface area contributed by atoms with Crippen molar-refractivity contribution in [3.63, 3.8) is 0 Å². The van der Waals surface area contributed by atoms with Gasteiger partial charge in [0, 0.05) is 5.41 Å². The van der Waals surface area contributed by atoms with Crippen molar-refractivity contribution in [3.05, 3.63) is 71.8 Å². The number of benzene rings is 2. The van der Waals surface area contributed by atoms with Crippen LogP contribution in [-0.2, 0) is 5.41 Å². The molecular formula is C16H17P. The fraction of sp³-hybridized carbons (Fsp3) is 0.250. The van der Waals surface area contributed by atoms with E-state index in [9.17, 15) is 0 Å². The van der Waals surface area contributed by atoms with Gasteiger partial charge in [-0.2, -0.15) is 0 Å². The molecule has 0 bridgehead atoms. The third kappa shape index (κ3) is 1.55. The van der Waals surface area contributed by atoms with Crippen LogP contribution in [0.2, 0.25) is 0 Å². The lowest BCUT2D eigenvalue weighted by atomic mass is 9.86. The van der Waals surface area contributed by atoms with Crippen molar-refractivity contribution in [1.29, 1.82) is 0 Å². The monoisotopic (exact) mass is 240 g/mol. The van der Waals surface area contributed by atoms with Crippen LogP contribution in [-0.4, -0.2) is 5.16 Å². The first-order valence-corrected chi connectivity index (χ1v) is 6.64. The van der Waals surface area contributed by atoms with E-state index < -0.39 is 0 Å². The SMILES string of the molecule is C[C@]1(P)CC1(c1ccccc1)c1ccccc1. The van der Waals surface area contributed by atoms with E-state index >= 15 is 0 Å². The lowest BCUT2D eigenvalue weighted by Crippen LogP contribution is -2.17. The molecule has 1 unspecified atom stereocenters. The molecule has 0 N–H and O–H groups in total. The first-order valence-electron chi connectivity index (χ1n) is 6.07. The molecule has 1 heteroatoms. The van der Waals surface area contributed by atoms with Crippen molar-refractivity contribution in [1.82, 2.24) is 0 Å². The Kier molecular flexibility index (Phi) is 2.38. The van der Waals surface area contributed by atoms with Crippen LogP contribution in [0.1, 0.15) is 24.5 Å². The molecule has 1 saturated carbocycles. The van der Waals surface area contributed by atoms with Gasteiger partial charge in [-0.05, 0) is 22.7 Å². The quantitative estimate of drug-likeness (QED) is 0.696. The molecule has 3 rings (SSSR count). The molecule has 0 aliphatic heterocycles. The summed E-state index contributed by atoms with van der Waals surface area (Å²) < 4.78 is 0. The molecule has 1 fully saturated rings. The van der Waals surface area contributed by atoms with Gasteiger partial charge in [0.1, 0.15) is 0 Å². The van der Waals surface area contributed by atoms with Crippen LogP contribution in [0.3, 0.4) is 0 Å². The summed E-state index contributed by atoms with van der Waals surface area (Å²) in [5.41, 5.74) is 3.06. The maximum atomic E-state index is 3.04. The third-order valence-corrected chi connectivity index (χ3v) is 4.71. The van der Waals surface area contributed by atoms with E-state index in [4.69, 9.17) is 0 Å². The van der Waals surface area contributed by atoms with Crippen LogP contribution in [0.4, 0.5) is 0 Å². The van der Waals surface area contributed by atoms with Crippen LogP contribution in [0.15, 0.2) is 60.7 Å². The standard InChI is InChI=1S/C16H17P/c1-15(17)12-16(15,13-8-4-2-5-9-13)14-10-6-3-7-11-14/h2-11H,12,17H2,1H3/t15-/m0/s1. The van der Waals surface area contributed by atoms with Crippen molar-refractivity contribution < 1.29 is 0 Å². The summed E-state index contributed by atoms with van der Waals surface area (Å²) in [5.74, 6) is 0. The topological polar surface area (TPSA) is 0 Å². The Bertz CT molecular complexity index is 474. The number of hydrogen-bond acceptors (Lipinski definition) is 0. The highest BCUT2D eigenvalue weighted by Crippen LogP contribution is 2.66. The molecule has 0 spiro atoms. The molecule has 1 aliphatic rings. The predicted molar refractivity (Wildman–Crippen MR) is 76.4 cm³/mol. The largest absolute Gasteiger partial charge is 0.130 e. The van der Waals surface area contributed by atoms with Crippen molar-refractivity contribution >= 4 is 9.24 Å². The van der Waals surface area contributed by atoms with E-state index in [2.05, 4.69) is 76.8 Å². The zero-order chi connectivity index (χ0) is 11.9. The summed E-state index contributed by atoms with van der Waals surface area (Å²) in [4.78, 5) is 0. The fourth-order valence-electron chi connectivity index (χ4n) is 2.98. The van der Waals surface area contributed by atoms with Crippen LogP contribution in [0, 0.1) is 0 Å². The second-order valence-corrected chi connectivity index (χ2v) is 6.51. The number of hydrogen-bond donors (Lipinski definition) is 0. The molecule has 0 nitrogen and oxygen atoms in total. The smallest absolute Gasteiger partial charge is 0.0299 e. The summed E-state index contributed by atoms with van der Waals surface area (Å²) in [6.45, 7) is 2.33. The van der Waals surface area contributed by atoms with Gasteiger partial charge in [0.25, 0.3) is 0 Å². The first-order chi connectivity index (χ1) is 8.17. The fourth-order valence-corrected chi connectivity index (χ4v) is 3.62. The Morgan fingerprint density at radius 1 is 0.824 bits per heavy atom. The summed E-state index contributed by atoms with van der Waals surface area (Å²) in [6, 6.07) is 21.7. The van der Waals surface area contributed by atoms with E-state index in [1.54, 1.807) is 0 Å². The molecule has 0 heterocycles. The van der Waals surface area contributed by atoms with Gasteiger partial charge in [-0.25, -0.2) is 0 Å². The molecule has 86 valence electrons. The normalized spacial score (nSPS) is 25.5. The van der Waals surface area contributed by atoms with Crippen molar-refractivity contribution in [2.45, 2.75) is 23.9 Å². The minimum atomic E-state index is 0.195. The average Bonchev–Trinajstić information content (AvgIpc) is 2.96. The molecule has 17 heavy (non-hydrogen) atoms. The molecular weight excluding hydrogens is 223 g/mol. The lowest BCUT2D eigenvalue weighted by Gasteiger charge is -2.21. The zero-order valence-corrected chi connectivity index (χ0v) is 11.2. The summed E-state index contributed by atoms with van der Waals surface area (Å²) >= 11 is 0. The highest BCUT2D eigenvalue weighted by Gasteiger charge is 2.63. The van der Waals surface area contributed by atoms with E-state index in [0.717, 1.165) is 0 Å².